The van der Waals surface area contributed by atoms with Crippen LogP contribution in [0.1, 0.15) is 46.0 Å². The van der Waals surface area contributed by atoms with Crippen LogP contribution in [0, 0.1) is 5.92 Å². The zero-order valence-electron chi connectivity index (χ0n) is 9.10. The summed E-state index contributed by atoms with van der Waals surface area (Å²) < 4.78 is 0. The van der Waals surface area contributed by atoms with Gasteiger partial charge >= 0.3 is 0 Å². The summed E-state index contributed by atoms with van der Waals surface area (Å²) >= 11 is 0. The Kier molecular flexibility index (Phi) is 4.20. The van der Waals surface area contributed by atoms with E-state index < -0.39 is 0 Å². The molecule has 3 N–H and O–H groups in total. The van der Waals surface area contributed by atoms with Crippen molar-refractivity contribution in [1.82, 2.24) is 5.32 Å². The van der Waals surface area contributed by atoms with Crippen molar-refractivity contribution in [2.75, 3.05) is 13.1 Å². The van der Waals surface area contributed by atoms with Crippen molar-refractivity contribution in [3.63, 3.8) is 0 Å². The summed E-state index contributed by atoms with van der Waals surface area (Å²) in [6.45, 7) is 6.47. The first-order valence-electron chi connectivity index (χ1n) is 5.70. The Hall–Kier alpha value is -0.0800. The van der Waals surface area contributed by atoms with E-state index in [-0.39, 0.29) is 5.54 Å². The largest absolute Gasteiger partial charge is 0.329 e. The molecule has 1 saturated carbocycles. The van der Waals surface area contributed by atoms with Crippen LogP contribution in [0.4, 0.5) is 0 Å². The van der Waals surface area contributed by atoms with E-state index in [0.717, 1.165) is 19.0 Å². The smallest absolute Gasteiger partial charge is 0.0329 e. The molecular weight excluding hydrogens is 160 g/mol. The molecule has 2 heteroatoms. The van der Waals surface area contributed by atoms with Gasteiger partial charge in [-0.1, -0.05) is 26.7 Å². The van der Waals surface area contributed by atoms with Crippen LogP contribution in [0.5, 0.6) is 0 Å². The molecule has 13 heavy (non-hydrogen) atoms. The molecule has 0 spiro atoms. The van der Waals surface area contributed by atoms with E-state index in [0.29, 0.717) is 0 Å². The quantitative estimate of drug-likeness (QED) is 0.700. The molecule has 0 amide bonds. The number of nitrogens with two attached hydrogens (primary N) is 1. The molecule has 2 nitrogen and oxygen atoms in total. The second-order valence-electron chi connectivity index (χ2n) is 4.43. The monoisotopic (exact) mass is 184 g/mol. The molecule has 78 valence electrons. The minimum Gasteiger partial charge on any atom is -0.329 e. The molecule has 1 aliphatic carbocycles. The fourth-order valence-electron chi connectivity index (χ4n) is 2.43. The average molecular weight is 184 g/mol. The van der Waals surface area contributed by atoms with Crippen LogP contribution < -0.4 is 11.1 Å². The van der Waals surface area contributed by atoms with Gasteiger partial charge in [0.1, 0.15) is 0 Å². The average Bonchev–Trinajstić information content (AvgIpc) is 2.17. The maximum absolute atomic E-state index is 5.91. The third-order valence-corrected chi connectivity index (χ3v) is 3.54. The van der Waals surface area contributed by atoms with Gasteiger partial charge in [-0.25, -0.2) is 0 Å². The molecule has 2 atom stereocenters. The third-order valence-electron chi connectivity index (χ3n) is 3.54. The minimum atomic E-state index is 0.258. The number of nitrogens with one attached hydrogen (secondary N) is 1. The van der Waals surface area contributed by atoms with E-state index in [4.69, 9.17) is 5.73 Å². The van der Waals surface area contributed by atoms with Gasteiger partial charge in [-0.2, -0.15) is 0 Å². The molecule has 2 unspecified atom stereocenters. The third kappa shape index (κ3) is 2.44. The summed E-state index contributed by atoms with van der Waals surface area (Å²) in [5, 5.41) is 3.66. The molecule has 0 saturated heterocycles. The van der Waals surface area contributed by atoms with E-state index in [1.165, 1.54) is 32.1 Å². The van der Waals surface area contributed by atoms with Crippen LogP contribution >= 0.6 is 0 Å². The van der Waals surface area contributed by atoms with Crippen molar-refractivity contribution in [3.05, 3.63) is 0 Å². The SMILES string of the molecule is CCCNC1(CN)CCCCC1C. The molecule has 1 aliphatic rings. The highest BCUT2D eigenvalue weighted by molar-refractivity contribution is 4.96. The highest BCUT2D eigenvalue weighted by Crippen LogP contribution is 2.32. The van der Waals surface area contributed by atoms with Gasteiger partial charge in [-0.15, -0.1) is 0 Å². The van der Waals surface area contributed by atoms with Crippen LogP contribution in [0.3, 0.4) is 0 Å². The first kappa shape index (κ1) is 11.0. The van der Waals surface area contributed by atoms with E-state index in [1.54, 1.807) is 0 Å². The van der Waals surface area contributed by atoms with E-state index in [1.807, 2.05) is 0 Å². The van der Waals surface area contributed by atoms with Crippen molar-refractivity contribution in [2.24, 2.45) is 11.7 Å². The van der Waals surface area contributed by atoms with Crippen molar-refractivity contribution in [3.8, 4) is 0 Å². The lowest BCUT2D eigenvalue weighted by Crippen LogP contribution is -2.57. The number of hydrogen-bond donors (Lipinski definition) is 2. The van der Waals surface area contributed by atoms with Crippen LogP contribution in [0.15, 0.2) is 0 Å². The molecule has 0 bridgehead atoms. The van der Waals surface area contributed by atoms with Crippen LogP contribution in [-0.4, -0.2) is 18.6 Å². The topological polar surface area (TPSA) is 38.0 Å². The molecule has 1 rings (SSSR count). The summed E-state index contributed by atoms with van der Waals surface area (Å²) in [6.07, 6.45) is 6.54. The lowest BCUT2D eigenvalue weighted by Gasteiger charge is -2.43. The molecule has 0 aromatic heterocycles. The minimum absolute atomic E-state index is 0.258. The Morgan fingerprint density at radius 1 is 1.46 bits per heavy atom. The van der Waals surface area contributed by atoms with Crippen molar-refractivity contribution >= 4 is 0 Å². The first-order valence-corrected chi connectivity index (χ1v) is 5.70. The van der Waals surface area contributed by atoms with Gasteiger partial charge in [0.25, 0.3) is 0 Å². The van der Waals surface area contributed by atoms with Crippen molar-refractivity contribution in [2.45, 2.75) is 51.5 Å². The summed E-state index contributed by atoms with van der Waals surface area (Å²) in [4.78, 5) is 0. The predicted octanol–water partition coefficient (Wildman–Crippen LogP) is 1.89. The zero-order chi connectivity index (χ0) is 9.73. The van der Waals surface area contributed by atoms with Gasteiger partial charge < -0.3 is 11.1 Å². The normalized spacial score (nSPS) is 34.8. The Labute approximate surface area is 82.3 Å². The fraction of sp³-hybridized carbons (Fsp3) is 1.00. The van der Waals surface area contributed by atoms with Gasteiger partial charge in [0.15, 0.2) is 0 Å². The van der Waals surface area contributed by atoms with Crippen LogP contribution in [0.2, 0.25) is 0 Å². The standard InChI is InChI=1S/C11H24N2/c1-3-8-13-11(9-12)7-5-4-6-10(11)2/h10,13H,3-9,12H2,1-2H3. The molecule has 0 aliphatic heterocycles. The van der Waals surface area contributed by atoms with E-state index >= 15 is 0 Å². The second-order valence-corrected chi connectivity index (χ2v) is 4.43. The highest BCUT2D eigenvalue weighted by atomic mass is 15.0. The van der Waals surface area contributed by atoms with E-state index in [9.17, 15) is 0 Å². The number of rotatable bonds is 4. The summed E-state index contributed by atoms with van der Waals surface area (Å²) in [7, 11) is 0. The molecular formula is C11H24N2. The molecule has 0 radical (unpaired) electrons. The lowest BCUT2D eigenvalue weighted by molar-refractivity contribution is 0.162. The van der Waals surface area contributed by atoms with Gasteiger partial charge in [0.2, 0.25) is 0 Å². The van der Waals surface area contributed by atoms with Gasteiger partial charge in [-0.05, 0) is 31.7 Å². The molecule has 0 heterocycles. The Bertz CT molecular complexity index is 147. The number of hydrogen-bond acceptors (Lipinski definition) is 2. The van der Waals surface area contributed by atoms with Crippen molar-refractivity contribution in [1.29, 1.82) is 0 Å². The predicted molar refractivity (Wildman–Crippen MR) is 57.7 cm³/mol. The summed E-state index contributed by atoms with van der Waals surface area (Å²) in [5.74, 6) is 0.748. The highest BCUT2D eigenvalue weighted by Gasteiger charge is 2.35. The maximum Gasteiger partial charge on any atom is 0.0329 e. The fourth-order valence-corrected chi connectivity index (χ4v) is 2.43. The molecule has 1 fully saturated rings. The van der Waals surface area contributed by atoms with Gasteiger partial charge in [-0.3, -0.25) is 0 Å². The lowest BCUT2D eigenvalue weighted by atomic mass is 9.73. The summed E-state index contributed by atoms with van der Waals surface area (Å²) in [5.41, 5.74) is 6.17. The van der Waals surface area contributed by atoms with Crippen LogP contribution in [-0.2, 0) is 0 Å². The second kappa shape index (κ2) is 4.97. The van der Waals surface area contributed by atoms with Crippen molar-refractivity contribution < 1.29 is 0 Å². The molecule has 0 aromatic rings. The maximum atomic E-state index is 5.91. The Morgan fingerprint density at radius 3 is 2.77 bits per heavy atom. The van der Waals surface area contributed by atoms with Gasteiger partial charge in [0, 0.05) is 12.1 Å². The molecule has 0 aromatic carbocycles. The zero-order valence-corrected chi connectivity index (χ0v) is 9.10. The summed E-state index contributed by atoms with van der Waals surface area (Å²) in [6, 6.07) is 0. The van der Waals surface area contributed by atoms with E-state index in [2.05, 4.69) is 19.2 Å². The van der Waals surface area contributed by atoms with Crippen LogP contribution in [0.25, 0.3) is 0 Å². The first-order chi connectivity index (χ1) is 6.25. The Morgan fingerprint density at radius 2 is 2.23 bits per heavy atom. The van der Waals surface area contributed by atoms with Gasteiger partial charge in [0.05, 0.1) is 0 Å². The Balaban J connectivity index is 2.53.